The lowest BCUT2D eigenvalue weighted by molar-refractivity contribution is 0.109. The van der Waals surface area contributed by atoms with Gasteiger partial charge in [-0.1, -0.05) is 13.0 Å². The van der Waals surface area contributed by atoms with Crippen LogP contribution in [0.15, 0.2) is 53.0 Å². The van der Waals surface area contributed by atoms with Gasteiger partial charge in [0.2, 0.25) is 0 Å². The summed E-state index contributed by atoms with van der Waals surface area (Å²) >= 11 is 1.63. The lowest BCUT2D eigenvalue weighted by atomic mass is 9.86. The average molecular weight is 547 g/mol. The summed E-state index contributed by atoms with van der Waals surface area (Å²) in [6.07, 6.45) is 8.26. The molecule has 1 aromatic heterocycles. The summed E-state index contributed by atoms with van der Waals surface area (Å²) in [7, 11) is -1.40. The minimum atomic E-state index is -1.40. The summed E-state index contributed by atoms with van der Waals surface area (Å²) in [4.78, 5) is 18.3. The van der Waals surface area contributed by atoms with Crippen molar-refractivity contribution >= 4 is 34.1 Å². The van der Waals surface area contributed by atoms with E-state index >= 15 is 0 Å². The van der Waals surface area contributed by atoms with E-state index in [0.29, 0.717) is 23.2 Å². The molecule has 0 radical (unpaired) electrons. The Hall–Kier alpha value is -2.89. The molecule has 0 bridgehead atoms. The third-order valence-electron chi connectivity index (χ3n) is 5.92. The topological polar surface area (TPSA) is 144 Å². The van der Waals surface area contributed by atoms with E-state index in [1.807, 2.05) is 52.1 Å². The van der Waals surface area contributed by atoms with Crippen LogP contribution >= 0.6 is 11.3 Å². The van der Waals surface area contributed by atoms with Crippen LogP contribution in [0.2, 0.25) is 0 Å². The smallest absolute Gasteiger partial charge is 0.407 e. The maximum Gasteiger partial charge on any atom is 0.407 e. The van der Waals surface area contributed by atoms with E-state index in [1.165, 1.54) is 6.20 Å². The second-order valence-electron chi connectivity index (χ2n) is 9.32. The van der Waals surface area contributed by atoms with Gasteiger partial charge in [-0.25, -0.2) is 18.7 Å². The first-order valence-electron chi connectivity index (χ1n) is 12.5. The highest BCUT2D eigenvalue weighted by molar-refractivity contribution is 7.83. The standard InChI is InChI=1S/C26H38N6O3S2/c1-5-30-37(34)23-13-20(31-24(28)12-17(4)14-27)10-11-21(23)22-15-29-25(36-22)18-6-8-19(9-7-18)32-26(33)35-16(2)3/h10-16,18-19,30-31H,5-9,27-28H2,1-4H3,(H,32,33)/b17-14-,24-12+. The van der Waals surface area contributed by atoms with Crippen molar-refractivity contribution in [3.8, 4) is 10.4 Å². The highest BCUT2D eigenvalue weighted by Gasteiger charge is 2.26. The molecule has 1 atom stereocenters. The summed E-state index contributed by atoms with van der Waals surface area (Å²) in [5, 5.41) is 7.17. The molecule has 1 unspecified atom stereocenters. The first-order valence-corrected chi connectivity index (χ1v) is 14.5. The number of benzene rings is 1. The van der Waals surface area contributed by atoms with E-state index in [4.69, 9.17) is 21.2 Å². The van der Waals surface area contributed by atoms with E-state index in [1.54, 1.807) is 17.4 Å². The van der Waals surface area contributed by atoms with Crippen molar-refractivity contribution in [2.75, 3.05) is 11.9 Å². The van der Waals surface area contributed by atoms with Crippen molar-refractivity contribution in [2.45, 2.75) is 76.3 Å². The Morgan fingerprint density at radius 3 is 2.68 bits per heavy atom. The first kappa shape index (κ1) is 28.7. The molecule has 1 heterocycles. The van der Waals surface area contributed by atoms with Crippen molar-refractivity contribution in [1.82, 2.24) is 15.0 Å². The van der Waals surface area contributed by atoms with Crippen LogP contribution < -0.4 is 26.8 Å². The van der Waals surface area contributed by atoms with Crippen molar-refractivity contribution < 1.29 is 13.7 Å². The van der Waals surface area contributed by atoms with Gasteiger partial charge in [0, 0.05) is 36.0 Å². The number of nitrogens with one attached hydrogen (secondary N) is 3. The Bertz CT molecular complexity index is 1150. The maximum atomic E-state index is 13.0. The average Bonchev–Trinajstić information content (AvgIpc) is 3.34. The van der Waals surface area contributed by atoms with E-state index in [0.717, 1.165) is 52.4 Å². The lowest BCUT2D eigenvalue weighted by Crippen LogP contribution is -2.38. The van der Waals surface area contributed by atoms with Crippen LogP contribution in [0.3, 0.4) is 0 Å². The minimum Gasteiger partial charge on any atom is -0.447 e. The molecule has 1 aliphatic carbocycles. The molecule has 1 amide bonds. The molecular weight excluding hydrogens is 508 g/mol. The minimum absolute atomic E-state index is 0.127. The molecule has 7 N–H and O–H groups in total. The zero-order chi connectivity index (χ0) is 26.9. The quantitative estimate of drug-likeness (QED) is 0.272. The third kappa shape index (κ3) is 8.31. The van der Waals surface area contributed by atoms with Crippen LogP contribution in [0.1, 0.15) is 64.3 Å². The Labute approximate surface area is 225 Å². The molecular formula is C26H38N6O3S2. The number of thiazole rings is 1. The number of alkyl carbamates (subject to hydrolysis) is 1. The number of ether oxygens (including phenoxy) is 1. The molecule has 37 heavy (non-hydrogen) atoms. The number of anilines is 1. The molecule has 1 saturated carbocycles. The number of aromatic nitrogens is 1. The van der Waals surface area contributed by atoms with Gasteiger partial charge in [0.25, 0.3) is 0 Å². The van der Waals surface area contributed by atoms with E-state index in [-0.39, 0.29) is 18.2 Å². The number of amides is 1. The Morgan fingerprint density at radius 2 is 2.03 bits per heavy atom. The molecule has 11 heteroatoms. The molecule has 3 rings (SSSR count). The predicted molar refractivity (Wildman–Crippen MR) is 151 cm³/mol. The monoisotopic (exact) mass is 546 g/mol. The van der Waals surface area contributed by atoms with Gasteiger partial charge in [-0.15, -0.1) is 11.3 Å². The third-order valence-corrected chi connectivity index (χ3v) is 8.40. The summed E-state index contributed by atoms with van der Waals surface area (Å²) < 4.78 is 21.3. The van der Waals surface area contributed by atoms with E-state index < -0.39 is 11.0 Å². The fourth-order valence-corrected chi connectivity index (χ4v) is 6.38. The number of hydrogen-bond acceptors (Lipinski definition) is 8. The van der Waals surface area contributed by atoms with Crippen LogP contribution in [0.25, 0.3) is 10.4 Å². The van der Waals surface area contributed by atoms with Crippen LogP contribution in [0.5, 0.6) is 0 Å². The number of nitrogens with zero attached hydrogens (tertiary/aromatic N) is 1. The van der Waals surface area contributed by atoms with Gasteiger partial charge < -0.3 is 26.8 Å². The van der Waals surface area contributed by atoms with Gasteiger partial charge in [0.1, 0.15) is 16.8 Å². The van der Waals surface area contributed by atoms with Gasteiger partial charge in [0.15, 0.2) is 0 Å². The number of hydrogen-bond donors (Lipinski definition) is 5. The summed E-state index contributed by atoms with van der Waals surface area (Å²) in [5.41, 5.74) is 14.0. The molecule has 2 aromatic rings. The fourth-order valence-electron chi connectivity index (χ4n) is 4.16. The Kier molecular flexibility index (Phi) is 10.5. The highest BCUT2D eigenvalue weighted by Crippen LogP contribution is 2.39. The van der Waals surface area contributed by atoms with Crippen LogP contribution in [0.4, 0.5) is 10.5 Å². The number of carbonyl (C=O) groups is 1. The van der Waals surface area contributed by atoms with Gasteiger partial charge in [0.05, 0.1) is 20.9 Å². The lowest BCUT2D eigenvalue weighted by Gasteiger charge is -2.28. The van der Waals surface area contributed by atoms with Crippen molar-refractivity contribution in [3.63, 3.8) is 0 Å². The SMILES string of the molecule is CCNS(=O)c1cc(N/C(N)=C/C(C)=C\N)ccc1-c1cnc(C2CCC(NC(=O)OC(C)C)CC2)s1. The van der Waals surface area contributed by atoms with Crippen LogP contribution in [0, 0.1) is 0 Å². The molecule has 1 aromatic carbocycles. The van der Waals surface area contributed by atoms with Crippen molar-refractivity contribution in [3.05, 3.63) is 53.1 Å². The van der Waals surface area contributed by atoms with Gasteiger partial charge in [-0.2, -0.15) is 0 Å². The van der Waals surface area contributed by atoms with Crippen molar-refractivity contribution in [1.29, 1.82) is 0 Å². The maximum absolute atomic E-state index is 13.0. The molecule has 0 saturated heterocycles. The van der Waals surface area contributed by atoms with Gasteiger partial charge in [-0.05, 0) is 76.4 Å². The molecule has 0 spiro atoms. The second-order valence-corrected chi connectivity index (χ2v) is 11.7. The number of allylic oxidation sites excluding steroid dienone is 2. The highest BCUT2D eigenvalue weighted by atomic mass is 32.2. The number of nitrogens with two attached hydrogens (primary N) is 2. The fraction of sp³-hybridized carbons (Fsp3) is 0.462. The summed E-state index contributed by atoms with van der Waals surface area (Å²) in [6.45, 7) is 8.03. The largest absolute Gasteiger partial charge is 0.447 e. The predicted octanol–water partition coefficient (Wildman–Crippen LogP) is 4.68. The van der Waals surface area contributed by atoms with Gasteiger partial charge in [-0.3, -0.25) is 0 Å². The van der Waals surface area contributed by atoms with E-state index in [2.05, 4.69) is 15.4 Å². The summed E-state index contributed by atoms with van der Waals surface area (Å²) in [5.74, 6) is 0.778. The Morgan fingerprint density at radius 1 is 1.30 bits per heavy atom. The number of rotatable bonds is 10. The normalized spacial score (nSPS) is 19.5. The van der Waals surface area contributed by atoms with Crippen molar-refractivity contribution in [2.24, 2.45) is 11.5 Å². The molecule has 9 nitrogen and oxygen atoms in total. The van der Waals surface area contributed by atoms with E-state index in [9.17, 15) is 9.00 Å². The van der Waals surface area contributed by atoms with Gasteiger partial charge >= 0.3 is 6.09 Å². The molecule has 0 aliphatic heterocycles. The van der Waals surface area contributed by atoms with Crippen LogP contribution in [-0.4, -0.2) is 34.0 Å². The molecule has 1 aliphatic rings. The zero-order valence-electron chi connectivity index (χ0n) is 21.9. The molecule has 202 valence electrons. The molecule has 1 fully saturated rings. The summed E-state index contributed by atoms with van der Waals surface area (Å²) in [6, 6.07) is 5.84. The zero-order valence-corrected chi connectivity index (χ0v) is 23.5. The van der Waals surface area contributed by atoms with Crippen LogP contribution in [-0.2, 0) is 15.7 Å². The number of carbonyl (C=O) groups excluding carboxylic acids is 1. The second kappa shape index (κ2) is 13.6. The first-order chi connectivity index (χ1) is 17.7. The Balaban J connectivity index is 1.74.